The van der Waals surface area contributed by atoms with E-state index < -0.39 is 0 Å². The van der Waals surface area contributed by atoms with Gasteiger partial charge in [-0.05, 0) is 6.07 Å². The summed E-state index contributed by atoms with van der Waals surface area (Å²) >= 11 is 0. The van der Waals surface area contributed by atoms with Gasteiger partial charge in [-0.3, -0.25) is 0 Å². The highest BCUT2D eigenvalue weighted by atomic mass is 16.5. The van der Waals surface area contributed by atoms with E-state index in [1.807, 2.05) is 24.4 Å². The van der Waals surface area contributed by atoms with Gasteiger partial charge in [-0.1, -0.05) is 18.2 Å². The lowest BCUT2D eigenvalue weighted by Gasteiger charge is -2.13. The number of nitrogens with zero attached hydrogens (tertiary/aromatic N) is 1. The second-order valence-electron chi connectivity index (χ2n) is 2.97. The van der Waals surface area contributed by atoms with Crippen LogP contribution in [0.4, 0.5) is 0 Å². The number of hydrogen-bond acceptors (Lipinski definition) is 3. The smallest absolute Gasteiger partial charge is 0.124 e. The first-order valence-corrected chi connectivity index (χ1v) is 4.32. The Hall–Kier alpha value is -1.51. The van der Waals surface area contributed by atoms with Gasteiger partial charge in [0.15, 0.2) is 0 Å². The number of para-hydroxylation sites is 1. The van der Waals surface area contributed by atoms with E-state index in [-0.39, 0.29) is 6.04 Å². The Morgan fingerprint density at radius 2 is 2.31 bits per heavy atom. The maximum atomic E-state index is 5.26. The minimum Gasteiger partial charge on any atom is -0.496 e. The van der Waals surface area contributed by atoms with Crippen LogP contribution in [-0.4, -0.2) is 13.3 Å². The van der Waals surface area contributed by atoms with Gasteiger partial charge >= 0.3 is 0 Å². The summed E-state index contributed by atoms with van der Waals surface area (Å²) in [5, 5.41) is 3.99. The molecule has 0 spiro atoms. The van der Waals surface area contributed by atoms with E-state index in [2.05, 4.69) is 16.6 Å². The molecule has 2 rings (SSSR count). The van der Waals surface area contributed by atoms with E-state index in [1.54, 1.807) is 7.11 Å². The van der Waals surface area contributed by atoms with Crippen molar-refractivity contribution in [2.24, 2.45) is 5.10 Å². The van der Waals surface area contributed by atoms with Gasteiger partial charge in [-0.15, -0.1) is 0 Å². The van der Waals surface area contributed by atoms with Gasteiger partial charge in [0.1, 0.15) is 5.75 Å². The average molecular weight is 176 g/mol. The molecule has 13 heavy (non-hydrogen) atoms. The lowest BCUT2D eigenvalue weighted by Crippen LogP contribution is -2.10. The highest BCUT2D eigenvalue weighted by Crippen LogP contribution is 2.27. The minimum absolute atomic E-state index is 0.274. The molecule has 1 aliphatic rings. The Morgan fingerprint density at radius 1 is 1.46 bits per heavy atom. The third-order valence-corrected chi connectivity index (χ3v) is 2.18. The van der Waals surface area contributed by atoms with Crippen molar-refractivity contribution in [3.05, 3.63) is 29.8 Å². The topological polar surface area (TPSA) is 33.6 Å². The third kappa shape index (κ3) is 1.49. The molecule has 0 radical (unpaired) electrons. The lowest BCUT2D eigenvalue weighted by molar-refractivity contribution is 0.403. The molecule has 1 N–H and O–H groups in total. The van der Waals surface area contributed by atoms with Crippen molar-refractivity contribution in [2.45, 2.75) is 12.5 Å². The number of benzene rings is 1. The average Bonchev–Trinajstić information content (AvgIpc) is 2.70. The molecule has 1 heterocycles. The molecular formula is C10H12N2O. The molecule has 1 aromatic rings. The Labute approximate surface area is 77.4 Å². The zero-order chi connectivity index (χ0) is 9.10. The van der Waals surface area contributed by atoms with Crippen molar-refractivity contribution in [3.8, 4) is 5.75 Å². The van der Waals surface area contributed by atoms with E-state index in [1.165, 1.54) is 5.56 Å². The molecular weight excluding hydrogens is 164 g/mol. The second-order valence-corrected chi connectivity index (χ2v) is 2.97. The summed E-state index contributed by atoms with van der Waals surface area (Å²) in [5.41, 5.74) is 4.21. The highest BCUT2D eigenvalue weighted by Gasteiger charge is 2.16. The Morgan fingerprint density at radius 3 is 3.00 bits per heavy atom. The van der Waals surface area contributed by atoms with Crippen LogP contribution >= 0.6 is 0 Å². The largest absolute Gasteiger partial charge is 0.496 e. The van der Waals surface area contributed by atoms with E-state index in [4.69, 9.17) is 4.74 Å². The number of hydrogen-bond donors (Lipinski definition) is 1. The van der Waals surface area contributed by atoms with Gasteiger partial charge in [0.05, 0.1) is 13.2 Å². The predicted octanol–water partition coefficient (Wildman–Crippen LogP) is 1.72. The molecule has 0 fully saturated rings. The summed E-state index contributed by atoms with van der Waals surface area (Å²) in [6.07, 6.45) is 2.82. The summed E-state index contributed by atoms with van der Waals surface area (Å²) in [6, 6.07) is 8.28. The first-order chi connectivity index (χ1) is 6.42. The predicted molar refractivity (Wildman–Crippen MR) is 52.0 cm³/mol. The second kappa shape index (κ2) is 3.47. The van der Waals surface area contributed by atoms with Crippen LogP contribution in [0.25, 0.3) is 0 Å². The fourth-order valence-corrected chi connectivity index (χ4v) is 1.50. The van der Waals surface area contributed by atoms with Gasteiger partial charge in [0, 0.05) is 18.2 Å². The van der Waals surface area contributed by atoms with Crippen LogP contribution in [0.3, 0.4) is 0 Å². The summed E-state index contributed by atoms with van der Waals surface area (Å²) in [6.45, 7) is 0. The van der Waals surface area contributed by atoms with Gasteiger partial charge in [-0.25, -0.2) is 0 Å². The number of nitrogens with one attached hydrogen (secondary N) is 1. The Kier molecular flexibility index (Phi) is 2.17. The van der Waals surface area contributed by atoms with Gasteiger partial charge in [0.2, 0.25) is 0 Å². The van der Waals surface area contributed by atoms with Crippen LogP contribution in [0.2, 0.25) is 0 Å². The molecule has 0 amide bonds. The van der Waals surface area contributed by atoms with E-state index >= 15 is 0 Å². The van der Waals surface area contributed by atoms with Crippen molar-refractivity contribution in [2.75, 3.05) is 7.11 Å². The Balaban J connectivity index is 2.27. The van der Waals surface area contributed by atoms with Crippen molar-refractivity contribution >= 4 is 6.21 Å². The van der Waals surface area contributed by atoms with Crippen molar-refractivity contribution < 1.29 is 4.74 Å². The van der Waals surface area contributed by atoms with Crippen LogP contribution in [-0.2, 0) is 0 Å². The highest BCUT2D eigenvalue weighted by molar-refractivity contribution is 5.61. The molecule has 0 aliphatic carbocycles. The maximum Gasteiger partial charge on any atom is 0.124 e. The summed E-state index contributed by atoms with van der Waals surface area (Å²) in [5.74, 6) is 0.922. The first kappa shape index (κ1) is 8.10. The number of ether oxygens (including phenoxy) is 1. The molecule has 3 heteroatoms. The molecule has 3 nitrogen and oxygen atoms in total. The SMILES string of the molecule is COc1ccccc1C1CC=NN1. The quantitative estimate of drug-likeness (QED) is 0.744. The first-order valence-electron chi connectivity index (χ1n) is 4.32. The van der Waals surface area contributed by atoms with E-state index in [0.717, 1.165) is 12.2 Å². The number of rotatable bonds is 2. The van der Waals surface area contributed by atoms with Crippen LogP contribution < -0.4 is 10.2 Å². The molecule has 1 aromatic carbocycles. The van der Waals surface area contributed by atoms with Crippen LogP contribution in [0.5, 0.6) is 5.75 Å². The number of methoxy groups -OCH3 is 1. The molecule has 1 atom stereocenters. The van der Waals surface area contributed by atoms with Crippen molar-refractivity contribution in [1.82, 2.24) is 5.43 Å². The fraction of sp³-hybridized carbons (Fsp3) is 0.300. The fourth-order valence-electron chi connectivity index (χ4n) is 1.50. The molecule has 1 unspecified atom stereocenters. The molecule has 68 valence electrons. The minimum atomic E-state index is 0.274. The third-order valence-electron chi connectivity index (χ3n) is 2.18. The van der Waals surface area contributed by atoms with Crippen molar-refractivity contribution in [1.29, 1.82) is 0 Å². The normalized spacial score (nSPS) is 19.9. The van der Waals surface area contributed by atoms with Crippen LogP contribution in [0, 0.1) is 0 Å². The molecule has 0 saturated heterocycles. The van der Waals surface area contributed by atoms with Crippen LogP contribution in [0.1, 0.15) is 18.0 Å². The summed E-state index contributed by atoms with van der Waals surface area (Å²) < 4.78 is 5.26. The van der Waals surface area contributed by atoms with Crippen LogP contribution in [0.15, 0.2) is 29.4 Å². The molecule has 0 bridgehead atoms. The zero-order valence-electron chi connectivity index (χ0n) is 7.53. The number of hydrazone groups is 1. The maximum absolute atomic E-state index is 5.26. The van der Waals surface area contributed by atoms with Gasteiger partial charge < -0.3 is 10.2 Å². The summed E-state index contributed by atoms with van der Waals surface area (Å²) in [7, 11) is 1.69. The monoisotopic (exact) mass is 176 g/mol. The van der Waals surface area contributed by atoms with Crippen molar-refractivity contribution in [3.63, 3.8) is 0 Å². The zero-order valence-corrected chi connectivity index (χ0v) is 7.53. The van der Waals surface area contributed by atoms with E-state index in [9.17, 15) is 0 Å². The summed E-state index contributed by atoms with van der Waals surface area (Å²) in [4.78, 5) is 0. The van der Waals surface area contributed by atoms with E-state index in [0.29, 0.717) is 0 Å². The van der Waals surface area contributed by atoms with Gasteiger partial charge in [0.25, 0.3) is 0 Å². The molecule has 0 aromatic heterocycles. The standard InChI is InChI=1S/C10H12N2O/c1-13-10-5-3-2-4-8(10)9-6-7-11-12-9/h2-5,7,9,12H,6H2,1H3. The lowest BCUT2D eigenvalue weighted by atomic mass is 10.0. The molecule has 0 saturated carbocycles. The Bertz CT molecular complexity index is 314. The van der Waals surface area contributed by atoms with Gasteiger partial charge in [-0.2, -0.15) is 5.10 Å². The molecule has 1 aliphatic heterocycles.